The van der Waals surface area contributed by atoms with Crippen molar-refractivity contribution >= 4 is 56.8 Å². The van der Waals surface area contributed by atoms with Crippen LogP contribution in [0.25, 0.3) is 0 Å². The number of rotatable bonds is 2. The fraction of sp³-hybridized carbons (Fsp3) is 0.0625. The molecule has 1 aliphatic heterocycles. The van der Waals surface area contributed by atoms with Crippen LogP contribution in [0, 0.1) is 3.57 Å². The average molecular weight is 422 g/mol. The van der Waals surface area contributed by atoms with Crippen molar-refractivity contribution in [2.75, 3.05) is 5.01 Å². The molecule has 0 radical (unpaired) electrons. The standard InChI is InChI=1S/C16H11IN2O2S/c1-10(20)19(13-8-4-3-7-12(13)17)18-16-15(21)11-6-2-5-9-14(11)22-16/h2-9H,1H3/b18-16+. The molecule has 0 unspecified atom stereocenters. The number of carbonyl (C=O) groups is 2. The van der Waals surface area contributed by atoms with E-state index in [1.807, 2.05) is 42.5 Å². The molecule has 0 fully saturated rings. The summed E-state index contributed by atoms with van der Waals surface area (Å²) in [5.74, 6) is -0.376. The summed E-state index contributed by atoms with van der Waals surface area (Å²) in [6.45, 7) is 1.43. The quantitative estimate of drug-likeness (QED) is 0.544. The van der Waals surface area contributed by atoms with Gasteiger partial charge in [-0.15, -0.1) is 0 Å². The van der Waals surface area contributed by atoms with E-state index in [0.29, 0.717) is 16.3 Å². The minimum atomic E-state index is -0.235. The Bertz CT molecular complexity index is 804. The Morgan fingerprint density at radius 3 is 2.50 bits per heavy atom. The fourth-order valence-electron chi connectivity index (χ4n) is 2.08. The summed E-state index contributed by atoms with van der Waals surface area (Å²) in [6, 6.07) is 14.8. The summed E-state index contributed by atoms with van der Waals surface area (Å²) in [4.78, 5) is 25.2. The van der Waals surface area contributed by atoms with E-state index in [-0.39, 0.29) is 11.7 Å². The summed E-state index contributed by atoms with van der Waals surface area (Å²) in [7, 11) is 0. The number of hydrogen-bond acceptors (Lipinski definition) is 4. The predicted octanol–water partition coefficient (Wildman–Crippen LogP) is 3.95. The van der Waals surface area contributed by atoms with Gasteiger partial charge in [-0.2, -0.15) is 10.1 Å². The van der Waals surface area contributed by atoms with Crippen molar-refractivity contribution in [3.05, 3.63) is 57.7 Å². The maximum absolute atomic E-state index is 12.4. The molecule has 2 aromatic rings. The van der Waals surface area contributed by atoms with Gasteiger partial charge >= 0.3 is 0 Å². The molecular formula is C16H11IN2O2S. The summed E-state index contributed by atoms with van der Waals surface area (Å²) in [6.07, 6.45) is 0. The minimum absolute atomic E-state index is 0.141. The second-order valence-electron chi connectivity index (χ2n) is 4.61. The van der Waals surface area contributed by atoms with E-state index in [2.05, 4.69) is 27.7 Å². The third kappa shape index (κ3) is 2.80. The highest BCUT2D eigenvalue weighted by atomic mass is 127. The van der Waals surface area contributed by atoms with Crippen LogP contribution in [0.3, 0.4) is 0 Å². The number of hydrogen-bond donors (Lipinski definition) is 0. The Morgan fingerprint density at radius 1 is 1.14 bits per heavy atom. The SMILES string of the molecule is CC(=O)N(/N=C1/Sc2ccccc2C1=O)c1ccccc1I. The summed E-state index contributed by atoms with van der Waals surface area (Å²) >= 11 is 3.44. The molecule has 22 heavy (non-hydrogen) atoms. The van der Waals surface area contributed by atoms with Gasteiger partial charge in [0.15, 0.2) is 5.04 Å². The van der Waals surface area contributed by atoms with Crippen LogP contribution < -0.4 is 5.01 Å². The van der Waals surface area contributed by atoms with Crippen molar-refractivity contribution in [3.8, 4) is 0 Å². The van der Waals surface area contributed by atoms with E-state index in [0.717, 1.165) is 8.47 Å². The van der Waals surface area contributed by atoms with Gasteiger partial charge in [0.25, 0.3) is 0 Å². The highest BCUT2D eigenvalue weighted by Gasteiger charge is 2.29. The molecule has 1 amide bonds. The molecule has 3 rings (SSSR count). The van der Waals surface area contributed by atoms with Crippen LogP contribution in [-0.4, -0.2) is 16.7 Å². The first-order valence-electron chi connectivity index (χ1n) is 6.53. The molecule has 0 aliphatic carbocycles. The third-order valence-corrected chi connectivity index (χ3v) is 5.05. The number of thioether (sulfide) groups is 1. The van der Waals surface area contributed by atoms with Crippen LogP contribution in [0.5, 0.6) is 0 Å². The lowest BCUT2D eigenvalue weighted by Gasteiger charge is -2.17. The van der Waals surface area contributed by atoms with Gasteiger partial charge in [-0.05, 0) is 46.9 Å². The third-order valence-electron chi connectivity index (χ3n) is 3.10. The maximum atomic E-state index is 12.4. The molecule has 4 nitrogen and oxygen atoms in total. The first-order valence-corrected chi connectivity index (χ1v) is 8.43. The van der Waals surface area contributed by atoms with Gasteiger partial charge in [0, 0.05) is 21.0 Å². The number of para-hydroxylation sites is 1. The normalized spacial score (nSPS) is 15.0. The lowest BCUT2D eigenvalue weighted by molar-refractivity contribution is -0.116. The van der Waals surface area contributed by atoms with Crippen molar-refractivity contribution < 1.29 is 9.59 Å². The van der Waals surface area contributed by atoms with Gasteiger partial charge in [-0.3, -0.25) is 9.59 Å². The van der Waals surface area contributed by atoms with Gasteiger partial charge in [-0.1, -0.05) is 36.0 Å². The van der Waals surface area contributed by atoms with Crippen LogP contribution in [0.4, 0.5) is 5.69 Å². The number of carbonyl (C=O) groups excluding carboxylic acids is 2. The largest absolute Gasteiger partial charge is 0.286 e. The summed E-state index contributed by atoms with van der Waals surface area (Å²) < 4.78 is 0.896. The maximum Gasteiger partial charge on any atom is 0.244 e. The highest BCUT2D eigenvalue weighted by molar-refractivity contribution is 14.1. The van der Waals surface area contributed by atoms with E-state index in [4.69, 9.17) is 0 Å². The average Bonchev–Trinajstić information content (AvgIpc) is 2.82. The van der Waals surface area contributed by atoms with Crippen molar-refractivity contribution in [2.45, 2.75) is 11.8 Å². The van der Waals surface area contributed by atoms with Gasteiger partial charge < -0.3 is 0 Å². The molecule has 0 spiro atoms. The molecule has 0 saturated carbocycles. The number of nitrogens with zero attached hydrogens (tertiary/aromatic N) is 2. The van der Waals surface area contributed by atoms with E-state index >= 15 is 0 Å². The van der Waals surface area contributed by atoms with Gasteiger partial charge in [0.2, 0.25) is 11.7 Å². The van der Waals surface area contributed by atoms with Crippen LogP contribution in [0.2, 0.25) is 0 Å². The smallest absolute Gasteiger partial charge is 0.244 e. The zero-order valence-electron chi connectivity index (χ0n) is 11.6. The number of fused-ring (bicyclic) bond motifs is 1. The number of ketones is 1. The van der Waals surface area contributed by atoms with Crippen LogP contribution in [0.1, 0.15) is 17.3 Å². The fourth-order valence-corrected chi connectivity index (χ4v) is 3.65. The zero-order valence-corrected chi connectivity index (χ0v) is 14.6. The zero-order chi connectivity index (χ0) is 15.7. The molecule has 1 aliphatic rings. The Balaban J connectivity index is 2.01. The Kier molecular flexibility index (Phi) is 4.30. The van der Waals surface area contributed by atoms with E-state index < -0.39 is 0 Å². The monoisotopic (exact) mass is 422 g/mol. The second kappa shape index (κ2) is 6.21. The molecule has 2 aromatic carbocycles. The van der Waals surface area contributed by atoms with Crippen molar-refractivity contribution in [1.29, 1.82) is 0 Å². The van der Waals surface area contributed by atoms with Crippen LogP contribution in [-0.2, 0) is 4.79 Å². The van der Waals surface area contributed by atoms with Crippen molar-refractivity contribution in [1.82, 2.24) is 0 Å². The molecule has 0 saturated heterocycles. The number of anilines is 1. The lowest BCUT2D eigenvalue weighted by Crippen LogP contribution is -2.25. The minimum Gasteiger partial charge on any atom is -0.286 e. The van der Waals surface area contributed by atoms with Gasteiger partial charge in [0.05, 0.1) is 5.69 Å². The molecule has 1 heterocycles. The topological polar surface area (TPSA) is 49.7 Å². The first-order chi connectivity index (χ1) is 10.6. The van der Waals surface area contributed by atoms with Gasteiger partial charge in [0.1, 0.15) is 0 Å². The number of benzene rings is 2. The van der Waals surface area contributed by atoms with E-state index in [9.17, 15) is 9.59 Å². The summed E-state index contributed by atoms with van der Waals surface area (Å²) in [5, 5.41) is 5.91. The molecular weight excluding hydrogens is 411 g/mol. The van der Waals surface area contributed by atoms with E-state index in [1.54, 1.807) is 6.07 Å². The van der Waals surface area contributed by atoms with Crippen LogP contribution in [0.15, 0.2) is 58.5 Å². The molecule has 0 atom stereocenters. The number of Topliss-reactive ketones (excluding diaryl/α,β-unsaturated/α-hetero) is 1. The number of amides is 1. The number of hydrazone groups is 1. The molecule has 0 bridgehead atoms. The summed E-state index contributed by atoms with van der Waals surface area (Å²) in [5.41, 5.74) is 1.31. The lowest BCUT2D eigenvalue weighted by atomic mass is 10.1. The van der Waals surface area contributed by atoms with Crippen molar-refractivity contribution in [3.63, 3.8) is 0 Å². The molecule has 110 valence electrons. The molecule has 0 N–H and O–H groups in total. The molecule has 6 heteroatoms. The second-order valence-corrected chi connectivity index (χ2v) is 6.81. The van der Waals surface area contributed by atoms with Crippen molar-refractivity contribution in [2.24, 2.45) is 5.10 Å². The van der Waals surface area contributed by atoms with Gasteiger partial charge in [-0.25, -0.2) is 0 Å². The highest BCUT2D eigenvalue weighted by Crippen LogP contribution is 2.34. The van der Waals surface area contributed by atoms with E-state index in [1.165, 1.54) is 23.7 Å². The molecule has 0 aromatic heterocycles. The Labute approximate surface area is 145 Å². The predicted molar refractivity (Wildman–Crippen MR) is 96.4 cm³/mol. The Hall–Kier alpha value is -1.67. The van der Waals surface area contributed by atoms with Crippen LogP contribution >= 0.6 is 34.4 Å². The Morgan fingerprint density at radius 2 is 1.82 bits per heavy atom. The number of halogens is 1. The first kappa shape index (κ1) is 15.2.